The highest BCUT2D eigenvalue weighted by Gasteiger charge is 2.28. The van der Waals surface area contributed by atoms with E-state index >= 15 is 0 Å². The maximum Gasteiger partial charge on any atom is 0.341 e. The molecular weight excluding hydrogens is 403 g/mol. The molecule has 0 radical (unpaired) electrons. The molecule has 0 atom stereocenters. The highest BCUT2D eigenvalue weighted by atomic mass is 19.1. The van der Waals surface area contributed by atoms with Crippen molar-refractivity contribution in [3.05, 3.63) is 65.2 Å². The number of aromatic nitrogens is 1. The zero-order valence-electron chi connectivity index (χ0n) is 16.7. The molecule has 0 saturated heterocycles. The number of rotatable bonds is 3. The van der Waals surface area contributed by atoms with Crippen molar-refractivity contribution in [2.75, 3.05) is 19.9 Å². The molecule has 3 aromatic rings. The van der Waals surface area contributed by atoms with Crippen molar-refractivity contribution < 1.29 is 28.2 Å². The van der Waals surface area contributed by atoms with E-state index < -0.39 is 5.97 Å². The molecule has 0 bridgehead atoms. The Bertz CT molecular complexity index is 1250. The molecule has 2 aromatic carbocycles. The molecule has 0 spiro atoms. The molecule has 2 aliphatic rings. The number of nitrogens with one attached hydrogen (secondary N) is 1. The summed E-state index contributed by atoms with van der Waals surface area (Å²) in [7, 11) is 0. The molecule has 7 nitrogen and oxygen atoms in total. The van der Waals surface area contributed by atoms with Crippen molar-refractivity contribution in [1.29, 1.82) is 0 Å². The normalized spacial score (nSPS) is 14.8. The molecule has 3 heterocycles. The van der Waals surface area contributed by atoms with E-state index in [0.717, 1.165) is 11.1 Å². The summed E-state index contributed by atoms with van der Waals surface area (Å²) in [4.78, 5) is 30.7. The van der Waals surface area contributed by atoms with E-state index in [1.165, 1.54) is 23.2 Å². The number of esters is 1. The van der Waals surface area contributed by atoms with Crippen molar-refractivity contribution in [1.82, 2.24) is 9.88 Å². The van der Waals surface area contributed by atoms with Crippen molar-refractivity contribution in [2.45, 2.75) is 13.3 Å². The largest absolute Gasteiger partial charge is 0.462 e. The molecule has 31 heavy (non-hydrogen) atoms. The van der Waals surface area contributed by atoms with Crippen LogP contribution in [0.25, 0.3) is 16.5 Å². The first-order chi connectivity index (χ1) is 15.0. The monoisotopic (exact) mass is 422 g/mol. The maximum absolute atomic E-state index is 13.9. The SMILES string of the molecule is CCOC(=O)C1=CN(C(=O)c2ccc3c(c2)OCO3)CCc2c1[nH]c1ccc(F)cc21. The van der Waals surface area contributed by atoms with Gasteiger partial charge >= 0.3 is 5.97 Å². The number of halogens is 1. The number of amides is 1. The fraction of sp³-hybridized carbons (Fsp3) is 0.217. The number of ether oxygens (including phenoxy) is 3. The van der Waals surface area contributed by atoms with Gasteiger partial charge in [-0.1, -0.05) is 0 Å². The van der Waals surface area contributed by atoms with Crippen molar-refractivity contribution in [2.24, 2.45) is 0 Å². The van der Waals surface area contributed by atoms with Crippen LogP contribution in [-0.2, 0) is 16.0 Å². The number of nitrogens with zero attached hydrogens (tertiary/aromatic N) is 1. The van der Waals surface area contributed by atoms with Crippen LogP contribution in [0.3, 0.4) is 0 Å². The van der Waals surface area contributed by atoms with E-state index in [1.807, 2.05) is 0 Å². The molecule has 1 aromatic heterocycles. The van der Waals surface area contributed by atoms with Gasteiger partial charge in [0.1, 0.15) is 5.82 Å². The van der Waals surface area contributed by atoms with Gasteiger partial charge in [0.2, 0.25) is 6.79 Å². The van der Waals surface area contributed by atoms with E-state index in [4.69, 9.17) is 14.2 Å². The first-order valence-electron chi connectivity index (χ1n) is 9.95. The third-order valence-corrected chi connectivity index (χ3v) is 5.40. The minimum atomic E-state index is -0.554. The minimum Gasteiger partial charge on any atom is -0.462 e. The number of hydrogen-bond donors (Lipinski definition) is 1. The van der Waals surface area contributed by atoms with Gasteiger partial charge in [-0.05, 0) is 55.3 Å². The fourth-order valence-electron chi connectivity index (χ4n) is 3.95. The predicted octanol–water partition coefficient (Wildman–Crippen LogP) is 3.64. The Morgan fingerprint density at radius 1 is 1.16 bits per heavy atom. The molecule has 0 fully saturated rings. The van der Waals surface area contributed by atoms with Gasteiger partial charge < -0.3 is 24.1 Å². The molecule has 1 N–H and O–H groups in total. The summed E-state index contributed by atoms with van der Waals surface area (Å²) in [5.74, 6) is -0.129. The number of H-pyrrole nitrogens is 1. The Morgan fingerprint density at radius 3 is 2.84 bits per heavy atom. The van der Waals surface area contributed by atoms with Gasteiger partial charge in [0, 0.05) is 29.2 Å². The standard InChI is InChI=1S/C23H19FN2O5/c1-2-29-23(28)17-11-26(22(27)13-3-6-19-20(9-13)31-12-30-19)8-7-15-16-10-14(24)4-5-18(16)25-21(15)17/h3-6,9-11,25H,2,7-8,12H2,1H3. The van der Waals surface area contributed by atoms with Crippen LogP contribution < -0.4 is 9.47 Å². The topological polar surface area (TPSA) is 80.9 Å². The maximum atomic E-state index is 13.9. The van der Waals surface area contributed by atoms with Crippen LogP contribution in [0.1, 0.15) is 28.5 Å². The van der Waals surface area contributed by atoms with Crippen LogP contribution in [0, 0.1) is 5.82 Å². The van der Waals surface area contributed by atoms with E-state index in [1.54, 1.807) is 31.2 Å². The Labute approximate surface area is 177 Å². The van der Waals surface area contributed by atoms with Crippen LogP contribution in [0.4, 0.5) is 4.39 Å². The average Bonchev–Trinajstić information content (AvgIpc) is 3.32. The van der Waals surface area contributed by atoms with Crippen LogP contribution in [0.5, 0.6) is 11.5 Å². The Hall–Kier alpha value is -3.81. The number of fused-ring (bicyclic) bond motifs is 4. The van der Waals surface area contributed by atoms with Crippen LogP contribution >= 0.6 is 0 Å². The second-order valence-corrected chi connectivity index (χ2v) is 7.25. The summed E-state index contributed by atoms with van der Waals surface area (Å²) in [5, 5.41) is 0.683. The Balaban J connectivity index is 1.57. The number of carbonyl (C=O) groups is 2. The lowest BCUT2D eigenvalue weighted by Crippen LogP contribution is -2.28. The lowest BCUT2D eigenvalue weighted by molar-refractivity contribution is -0.136. The van der Waals surface area contributed by atoms with Gasteiger partial charge in [0.05, 0.1) is 17.9 Å². The first-order valence-corrected chi connectivity index (χ1v) is 9.95. The summed E-state index contributed by atoms with van der Waals surface area (Å²) in [5.41, 5.74) is 2.66. The van der Waals surface area contributed by atoms with Gasteiger partial charge in [-0.25, -0.2) is 9.18 Å². The second-order valence-electron chi connectivity index (χ2n) is 7.25. The van der Waals surface area contributed by atoms with Gasteiger partial charge in [-0.2, -0.15) is 0 Å². The summed E-state index contributed by atoms with van der Waals surface area (Å²) < 4.78 is 29.8. The molecule has 0 aliphatic carbocycles. The summed E-state index contributed by atoms with van der Waals surface area (Å²) >= 11 is 0. The number of hydrogen-bond acceptors (Lipinski definition) is 5. The van der Waals surface area contributed by atoms with E-state index in [2.05, 4.69) is 4.98 Å². The highest BCUT2D eigenvalue weighted by Crippen LogP contribution is 2.35. The third-order valence-electron chi connectivity index (χ3n) is 5.40. The number of aromatic amines is 1. The van der Waals surface area contributed by atoms with Gasteiger partial charge in [-0.3, -0.25) is 4.79 Å². The quantitative estimate of drug-likeness (QED) is 0.652. The molecule has 1 amide bonds. The molecule has 2 aliphatic heterocycles. The van der Waals surface area contributed by atoms with Crippen molar-refractivity contribution >= 4 is 28.4 Å². The molecule has 158 valence electrons. The molecule has 0 unspecified atom stereocenters. The van der Waals surface area contributed by atoms with Crippen LogP contribution in [-0.4, -0.2) is 41.7 Å². The summed E-state index contributed by atoms with van der Waals surface area (Å²) in [6.07, 6.45) is 1.94. The molecule has 5 rings (SSSR count). The second kappa shape index (κ2) is 7.46. The lowest BCUT2D eigenvalue weighted by Gasteiger charge is -2.18. The zero-order valence-corrected chi connectivity index (χ0v) is 16.7. The predicted molar refractivity (Wildman–Crippen MR) is 110 cm³/mol. The fourth-order valence-corrected chi connectivity index (χ4v) is 3.95. The van der Waals surface area contributed by atoms with Crippen molar-refractivity contribution in [3.8, 4) is 11.5 Å². The molecular formula is C23H19FN2O5. The smallest absolute Gasteiger partial charge is 0.341 e. The number of carbonyl (C=O) groups excluding carboxylic acids is 2. The van der Waals surface area contributed by atoms with Crippen molar-refractivity contribution in [3.63, 3.8) is 0 Å². The molecule has 8 heteroatoms. The first kappa shape index (κ1) is 19.2. The lowest BCUT2D eigenvalue weighted by atomic mass is 10.0. The number of benzene rings is 2. The minimum absolute atomic E-state index is 0.113. The van der Waals surface area contributed by atoms with E-state index in [-0.39, 0.29) is 30.7 Å². The van der Waals surface area contributed by atoms with Gasteiger partial charge in [-0.15, -0.1) is 0 Å². The van der Waals surface area contributed by atoms with Crippen LogP contribution in [0.15, 0.2) is 42.6 Å². The van der Waals surface area contributed by atoms with Crippen LogP contribution in [0.2, 0.25) is 0 Å². The molecule has 0 saturated carbocycles. The highest BCUT2D eigenvalue weighted by molar-refractivity contribution is 6.18. The zero-order chi connectivity index (χ0) is 21.5. The van der Waals surface area contributed by atoms with E-state index in [9.17, 15) is 14.0 Å². The van der Waals surface area contributed by atoms with Gasteiger partial charge in [0.25, 0.3) is 5.91 Å². The summed E-state index contributed by atoms with van der Waals surface area (Å²) in [6, 6.07) is 9.39. The average molecular weight is 422 g/mol. The third kappa shape index (κ3) is 3.30. The Kier molecular flexibility index (Phi) is 4.62. The summed E-state index contributed by atoms with van der Waals surface area (Å²) in [6.45, 7) is 2.33. The van der Waals surface area contributed by atoms with E-state index in [0.29, 0.717) is 41.1 Å². The van der Waals surface area contributed by atoms with Gasteiger partial charge in [0.15, 0.2) is 11.5 Å². The Morgan fingerprint density at radius 2 is 2.00 bits per heavy atom.